The minimum absolute atomic E-state index is 0.0277. The number of carbonyl (C=O) groups is 1. The molecular weight excluding hydrogens is 369 g/mol. The first-order valence-corrected chi connectivity index (χ1v) is 9.41. The summed E-state index contributed by atoms with van der Waals surface area (Å²) >= 11 is 4.80. The van der Waals surface area contributed by atoms with Crippen LogP contribution in [0.25, 0.3) is 0 Å². The van der Waals surface area contributed by atoms with Gasteiger partial charge in [0.1, 0.15) is 11.2 Å². The molecule has 2 rings (SSSR count). The summed E-state index contributed by atoms with van der Waals surface area (Å²) in [7, 11) is 0. The van der Waals surface area contributed by atoms with Gasteiger partial charge >= 0.3 is 0 Å². The summed E-state index contributed by atoms with van der Waals surface area (Å²) in [6, 6.07) is 4.95. The van der Waals surface area contributed by atoms with Crippen LogP contribution in [0.1, 0.15) is 37.1 Å². The number of benzene rings is 1. The van der Waals surface area contributed by atoms with Crippen molar-refractivity contribution in [2.24, 2.45) is 0 Å². The van der Waals surface area contributed by atoms with Crippen LogP contribution in [0.4, 0.5) is 4.39 Å². The first kappa shape index (κ1) is 17.8. The molecule has 1 heterocycles. The fraction of sp³-hybridized carbons (Fsp3) is 0.562. The van der Waals surface area contributed by atoms with Gasteiger partial charge in [0.15, 0.2) is 0 Å². The van der Waals surface area contributed by atoms with Crippen LogP contribution in [0.2, 0.25) is 0 Å². The monoisotopic (exact) mass is 389 g/mol. The van der Waals surface area contributed by atoms with E-state index in [1.54, 1.807) is 23.9 Å². The average molecular weight is 390 g/mol. The van der Waals surface area contributed by atoms with Gasteiger partial charge in [-0.25, -0.2) is 4.39 Å². The van der Waals surface area contributed by atoms with Crippen molar-refractivity contribution in [1.29, 1.82) is 0 Å². The molecule has 1 unspecified atom stereocenters. The summed E-state index contributed by atoms with van der Waals surface area (Å²) < 4.78 is 19.3. The van der Waals surface area contributed by atoms with Crippen LogP contribution in [0, 0.1) is 5.82 Å². The van der Waals surface area contributed by atoms with Crippen molar-refractivity contribution in [1.82, 2.24) is 4.90 Å². The quantitative estimate of drug-likeness (QED) is 0.618. The summed E-state index contributed by atoms with van der Waals surface area (Å²) in [4.78, 5) is 13.9. The lowest BCUT2D eigenvalue weighted by atomic mass is 10.2. The lowest BCUT2D eigenvalue weighted by Crippen LogP contribution is -2.30. The zero-order chi connectivity index (χ0) is 15.9. The molecule has 0 N–H and O–H groups in total. The molecule has 1 aromatic rings. The van der Waals surface area contributed by atoms with E-state index in [4.69, 9.17) is 4.74 Å². The van der Waals surface area contributed by atoms with E-state index in [-0.39, 0.29) is 17.1 Å². The highest BCUT2D eigenvalue weighted by molar-refractivity contribution is 9.10. The number of ether oxygens (including phenoxy) is 1. The molecule has 1 saturated heterocycles. The molecule has 0 bridgehead atoms. The molecule has 1 amide bonds. The lowest BCUT2D eigenvalue weighted by molar-refractivity contribution is -0.128. The Morgan fingerprint density at radius 2 is 2.18 bits per heavy atom. The molecule has 22 heavy (non-hydrogen) atoms. The van der Waals surface area contributed by atoms with Crippen LogP contribution >= 0.6 is 27.7 Å². The molecule has 1 aromatic carbocycles. The smallest absolute Gasteiger partial charge is 0.233 e. The van der Waals surface area contributed by atoms with E-state index < -0.39 is 0 Å². The molecule has 3 nitrogen and oxygen atoms in total. The Labute approximate surface area is 143 Å². The van der Waals surface area contributed by atoms with Gasteiger partial charge in [-0.3, -0.25) is 4.79 Å². The minimum atomic E-state index is -0.283. The van der Waals surface area contributed by atoms with Crippen molar-refractivity contribution in [2.75, 3.05) is 25.5 Å². The van der Waals surface area contributed by atoms with Gasteiger partial charge in [0.2, 0.25) is 5.91 Å². The van der Waals surface area contributed by atoms with E-state index in [1.165, 1.54) is 6.07 Å². The number of unbranched alkanes of at least 4 members (excludes halogenated alkanes) is 1. The largest absolute Gasteiger partial charge is 0.381 e. The number of rotatable bonds is 8. The number of carbonyl (C=O) groups excluding carboxylic acids is 1. The summed E-state index contributed by atoms with van der Waals surface area (Å²) in [5.41, 5.74) is 0.955. The van der Waals surface area contributed by atoms with Crippen LogP contribution in [0.15, 0.2) is 22.7 Å². The third-order valence-corrected chi connectivity index (χ3v) is 5.39. The second-order valence-electron chi connectivity index (χ2n) is 5.24. The molecule has 0 aromatic heterocycles. The van der Waals surface area contributed by atoms with E-state index in [0.29, 0.717) is 23.4 Å². The topological polar surface area (TPSA) is 29.5 Å². The summed E-state index contributed by atoms with van der Waals surface area (Å²) in [6.45, 7) is 4.27. The molecule has 1 fully saturated rings. The van der Waals surface area contributed by atoms with Gasteiger partial charge in [0.05, 0.1) is 10.2 Å². The van der Waals surface area contributed by atoms with Gasteiger partial charge in [-0.2, -0.15) is 0 Å². The fourth-order valence-corrected chi connectivity index (χ4v) is 3.93. The third-order valence-electron chi connectivity index (χ3n) is 3.53. The minimum Gasteiger partial charge on any atom is -0.381 e. The highest BCUT2D eigenvalue weighted by Crippen LogP contribution is 2.39. The van der Waals surface area contributed by atoms with Gasteiger partial charge in [-0.1, -0.05) is 19.4 Å². The number of hydrogen-bond acceptors (Lipinski definition) is 3. The van der Waals surface area contributed by atoms with E-state index in [2.05, 4.69) is 22.9 Å². The Balaban J connectivity index is 1.90. The van der Waals surface area contributed by atoms with Gasteiger partial charge in [-0.05, 0) is 46.5 Å². The van der Waals surface area contributed by atoms with E-state index in [9.17, 15) is 9.18 Å². The number of thioether (sulfide) groups is 1. The molecule has 1 aliphatic heterocycles. The maximum Gasteiger partial charge on any atom is 0.233 e. The van der Waals surface area contributed by atoms with Gasteiger partial charge in [0.25, 0.3) is 0 Å². The van der Waals surface area contributed by atoms with Crippen molar-refractivity contribution in [3.8, 4) is 0 Å². The van der Waals surface area contributed by atoms with Gasteiger partial charge in [0, 0.05) is 19.8 Å². The van der Waals surface area contributed by atoms with Crippen molar-refractivity contribution >= 4 is 33.6 Å². The summed E-state index contributed by atoms with van der Waals surface area (Å²) in [6.07, 6.45) is 3.03. The highest BCUT2D eigenvalue weighted by atomic mass is 79.9. The van der Waals surface area contributed by atoms with Crippen LogP contribution in [-0.2, 0) is 9.53 Å². The standard InChI is InChI=1S/C16H21BrFNO2S/c1-2-3-8-21-9-4-7-19-15(20)11-22-16(19)12-5-6-14(18)13(17)10-12/h5-6,10,16H,2-4,7-9,11H2,1H3. The molecule has 1 aliphatic rings. The molecule has 0 saturated carbocycles. The maximum absolute atomic E-state index is 13.4. The predicted octanol–water partition coefficient (Wildman–Crippen LogP) is 4.37. The van der Waals surface area contributed by atoms with Crippen molar-refractivity contribution in [2.45, 2.75) is 31.6 Å². The van der Waals surface area contributed by atoms with E-state index >= 15 is 0 Å². The third kappa shape index (κ3) is 4.70. The Kier molecular flexibility index (Phi) is 7.18. The molecule has 0 aliphatic carbocycles. The van der Waals surface area contributed by atoms with Crippen LogP contribution in [-0.4, -0.2) is 36.3 Å². The first-order valence-electron chi connectivity index (χ1n) is 7.57. The average Bonchev–Trinajstić information content (AvgIpc) is 2.87. The Morgan fingerprint density at radius 3 is 2.91 bits per heavy atom. The van der Waals surface area contributed by atoms with E-state index in [0.717, 1.165) is 31.4 Å². The van der Waals surface area contributed by atoms with Crippen molar-refractivity contribution in [3.63, 3.8) is 0 Å². The number of halogens is 2. The maximum atomic E-state index is 13.4. The highest BCUT2D eigenvalue weighted by Gasteiger charge is 2.32. The van der Waals surface area contributed by atoms with E-state index in [1.807, 2.05) is 4.90 Å². The van der Waals surface area contributed by atoms with Crippen LogP contribution < -0.4 is 0 Å². The first-order chi connectivity index (χ1) is 10.6. The summed E-state index contributed by atoms with van der Waals surface area (Å²) in [5.74, 6) is 0.342. The Morgan fingerprint density at radius 1 is 1.41 bits per heavy atom. The van der Waals surface area contributed by atoms with Gasteiger partial charge < -0.3 is 9.64 Å². The van der Waals surface area contributed by atoms with Crippen LogP contribution in [0.3, 0.4) is 0 Å². The zero-order valence-electron chi connectivity index (χ0n) is 12.7. The number of amides is 1. The number of nitrogens with zero attached hydrogens (tertiary/aromatic N) is 1. The van der Waals surface area contributed by atoms with Crippen molar-refractivity contribution < 1.29 is 13.9 Å². The summed E-state index contributed by atoms with van der Waals surface area (Å²) in [5, 5.41) is -0.0277. The fourth-order valence-electron chi connectivity index (χ4n) is 2.32. The number of hydrogen-bond donors (Lipinski definition) is 0. The molecule has 0 radical (unpaired) electrons. The second-order valence-corrected chi connectivity index (χ2v) is 7.17. The molecule has 6 heteroatoms. The molecular formula is C16H21BrFNO2S. The molecule has 0 spiro atoms. The van der Waals surface area contributed by atoms with Gasteiger partial charge in [-0.15, -0.1) is 11.8 Å². The SMILES string of the molecule is CCCCOCCCN1C(=O)CSC1c1ccc(F)c(Br)c1. The normalized spacial score (nSPS) is 18.2. The zero-order valence-corrected chi connectivity index (χ0v) is 15.1. The van der Waals surface area contributed by atoms with Crippen molar-refractivity contribution in [3.05, 3.63) is 34.1 Å². The lowest BCUT2D eigenvalue weighted by Gasteiger charge is -2.24. The molecule has 1 atom stereocenters. The molecule has 122 valence electrons. The Bertz CT molecular complexity index is 515. The predicted molar refractivity (Wildman–Crippen MR) is 91.4 cm³/mol. The second kappa shape index (κ2) is 8.89. The van der Waals surface area contributed by atoms with Crippen LogP contribution in [0.5, 0.6) is 0 Å². The Hall–Kier alpha value is -0.590.